The topological polar surface area (TPSA) is 36.7 Å². The predicted molar refractivity (Wildman–Crippen MR) is 111 cm³/mol. The fourth-order valence-electron chi connectivity index (χ4n) is 4.17. The number of nitrogens with zero attached hydrogens (tertiary/aromatic N) is 1. The third-order valence-corrected chi connectivity index (χ3v) is 5.76. The van der Waals surface area contributed by atoms with E-state index in [1.54, 1.807) is 0 Å². The summed E-state index contributed by atoms with van der Waals surface area (Å²) in [5.74, 6) is 0.0608. The standard InChI is InChI=1S/C24H13ClN2O/c25-16-8-5-14(6-9-16)15-7-10-20-19(13-15)17-11-12-27-21-4-2-1-3-18(21)24(28)23(27)22(17)26-20/h1-13H/p+1. The molecule has 0 aliphatic carbocycles. The van der Waals surface area contributed by atoms with Gasteiger partial charge in [0.15, 0.2) is 6.20 Å². The summed E-state index contributed by atoms with van der Waals surface area (Å²) in [6, 6.07) is 24.0. The van der Waals surface area contributed by atoms with E-state index in [0.29, 0.717) is 5.69 Å². The average molecular weight is 382 g/mol. The molecule has 1 aliphatic heterocycles. The third kappa shape index (κ3) is 2.05. The van der Waals surface area contributed by atoms with Gasteiger partial charge in [-0.05, 0) is 41.5 Å². The Bertz CT molecular complexity index is 1430. The number of pyridine rings is 1. The molecule has 0 amide bonds. The molecule has 4 heteroatoms. The van der Waals surface area contributed by atoms with Gasteiger partial charge in [-0.15, -0.1) is 0 Å². The Morgan fingerprint density at radius 1 is 0.821 bits per heavy atom. The second-order valence-corrected chi connectivity index (χ2v) is 7.50. The number of H-pyrrole nitrogens is 1. The van der Waals surface area contributed by atoms with E-state index in [2.05, 4.69) is 29.2 Å². The van der Waals surface area contributed by atoms with E-state index in [0.717, 1.165) is 49.2 Å². The first-order valence-corrected chi connectivity index (χ1v) is 9.49. The molecule has 0 spiro atoms. The van der Waals surface area contributed by atoms with Crippen LogP contribution in [-0.2, 0) is 0 Å². The third-order valence-electron chi connectivity index (χ3n) is 5.51. The van der Waals surface area contributed by atoms with Crippen molar-refractivity contribution < 1.29 is 9.36 Å². The van der Waals surface area contributed by atoms with Crippen LogP contribution in [0.4, 0.5) is 0 Å². The van der Waals surface area contributed by atoms with Gasteiger partial charge in [-0.25, -0.2) is 0 Å². The molecule has 28 heavy (non-hydrogen) atoms. The van der Waals surface area contributed by atoms with Crippen molar-refractivity contribution in [2.45, 2.75) is 0 Å². The van der Waals surface area contributed by atoms with Crippen LogP contribution in [0.25, 0.3) is 38.6 Å². The summed E-state index contributed by atoms with van der Waals surface area (Å²) in [5.41, 5.74) is 6.51. The van der Waals surface area contributed by atoms with Crippen LogP contribution in [0.1, 0.15) is 16.1 Å². The van der Waals surface area contributed by atoms with Gasteiger partial charge in [0, 0.05) is 33.4 Å². The molecule has 1 aliphatic rings. The Labute approximate surface area is 165 Å². The molecule has 3 heterocycles. The number of rotatable bonds is 1. The zero-order chi connectivity index (χ0) is 18.8. The van der Waals surface area contributed by atoms with Crippen molar-refractivity contribution >= 4 is 39.2 Å². The summed E-state index contributed by atoms with van der Waals surface area (Å²) in [7, 11) is 0. The Balaban J connectivity index is 1.61. The van der Waals surface area contributed by atoms with E-state index in [-0.39, 0.29) is 5.78 Å². The van der Waals surface area contributed by atoms with E-state index >= 15 is 0 Å². The van der Waals surface area contributed by atoms with E-state index in [1.165, 1.54) is 0 Å². The number of ketones is 1. The minimum absolute atomic E-state index is 0.0608. The summed E-state index contributed by atoms with van der Waals surface area (Å²) in [6.07, 6.45) is 1.99. The van der Waals surface area contributed by atoms with E-state index in [9.17, 15) is 4.79 Å². The highest BCUT2D eigenvalue weighted by Crippen LogP contribution is 2.33. The number of benzene rings is 3. The lowest BCUT2D eigenvalue weighted by atomic mass is 10.0. The molecule has 0 atom stereocenters. The first-order chi connectivity index (χ1) is 13.7. The molecule has 2 aromatic heterocycles. The van der Waals surface area contributed by atoms with Crippen molar-refractivity contribution in [1.29, 1.82) is 0 Å². The number of carbonyl (C=O) groups excluding carboxylic acids is 1. The molecule has 1 N–H and O–H groups in total. The van der Waals surface area contributed by atoms with E-state index in [1.807, 2.05) is 59.3 Å². The van der Waals surface area contributed by atoms with Crippen molar-refractivity contribution in [2.75, 3.05) is 0 Å². The van der Waals surface area contributed by atoms with Crippen LogP contribution in [0.2, 0.25) is 5.02 Å². The first kappa shape index (κ1) is 15.6. The lowest BCUT2D eigenvalue weighted by Gasteiger charge is -2.02. The number of aromatic nitrogens is 2. The van der Waals surface area contributed by atoms with Gasteiger partial charge in [0.05, 0.1) is 0 Å². The number of aromatic amines is 1. The zero-order valence-corrected chi connectivity index (χ0v) is 15.5. The number of hydrogen-bond donors (Lipinski definition) is 1. The van der Waals surface area contributed by atoms with Crippen molar-refractivity contribution in [2.24, 2.45) is 0 Å². The van der Waals surface area contributed by atoms with Crippen LogP contribution in [-0.4, -0.2) is 10.8 Å². The largest absolute Gasteiger partial charge is 0.349 e. The van der Waals surface area contributed by atoms with Gasteiger partial charge in [-0.1, -0.05) is 41.9 Å². The Morgan fingerprint density at radius 2 is 1.61 bits per heavy atom. The van der Waals surface area contributed by atoms with Gasteiger partial charge < -0.3 is 4.98 Å². The molecule has 0 saturated heterocycles. The molecule has 3 nitrogen and oxygen atoms in total. The van der Waals surface area contributed by atoms with Crippen LogP contribution in [0.15, 0.2) is 79.0 Å². The monoisotopic (exact) mass is 381 g/mol. The van der Waals surface area contributed by atoms with E-state index < -0.39 is 0 Å². The molecule has 132 valence electrons. The molecule has 0 bridgehead atoms. The second kappa shape index (κ2) is 5.54. The molecule has 0 radical (unpaired) electrons. The Kier molecular flexibility index (Phi) is 3.09. The van der Waals surface area contributed by atoms with Crippen LogP contribution < -0.4 is 4.57 Å². The van der Waals surface area contributed by atoms with Crippen LogP contribution >= 0.6 is 11.6 Å². The van der Waals surface area contributed by atoms with Gasteiger partial charge in [0.2, 0.25) is 5.69 Å². The van der Waals surface area contributed by atoms with E-state index in [4.69, 9.17) is 11.6 Å². The molecular weight excluding hydrogens is 368 g/mol. The van der Waals surface area contributed by atoms with Gasteiger partial charge >= 0.3 is 0 Å². The number of fused-ring (bicyclic) bond motifs is 7. The second-order valence-electron chi connectivity index (χ2n) is 7.06. The Hall–Kier alpha value is -3.43. The molecule has 3 aromatic carbocycles. The van der Waals surface area contributed by atoms with Crippen LogP contribution in [0, 0.1) is 0 Å². The van der Waals surface area contributed by atoms with Gasteiger partial charge in [-0.2, -0.15) is 4.57 Å². The highest BCUT2D eigenvalue weighted by atomic mass is 35.5. The summed E-state index contributed by atoms with van der Waals surface area (Å²) in [5, 5.41) is 2.88. The van der Waals surface area contributed by atoms with Crippen molar-refractivity contribution in [3.63, 3.8) is 0 Å². The predicted octanol–water partition coefficient (Wildman–Crippen LogP) is 5.46. The normalized spacial score (nSPS) is 12.5. The number of nitrogens with one attached hydrogen (secondary N) is 1. The molecule has 5 aromatic rings. The first-order valence-electron chi connectivity index (χ1n) is 9.11. The molecular formula is C24H14ClN2O+. The smallest absolute Gasteiger partial charge is 0.284 e. The highest BCUT2D eigenvalue weighted by molar-refractivity contribution is 6.30. The van der Waals surface area contributed by atoms with Gasteiger partial charge in [0.1, 0.15) is 11.1 Å². The highest BCUT2D eigenvalue weighted by Gasteiger charge is 2.37. The quantitative estimate of drug-likeness (QED) is 0.377. The SMILES string of the molecule is O=C1c2ccccc2-[n+]2ccc3c([nH]c4ccc(-c5ccc(Cl)cc5)cc43)c21. The lowest BCUT2D eigenvalue weighted by molar-refractivity contribution is -0.592. The Morgan fingerprint density at radius 3 is 2.46 bits per heavy atom. The lowest BCUT2D eigenvalue weighted by Crippen LogP contribution is -2.31. The maximum Gasteiger partial charge on any atom is 0.284 e. The molecule has 0 saturated carbocycles. The number of para-hydroxylation sites is 1. The molecule has 0 fully saturated rings. The van der Waals surface area contributed by atoms with Gasteiger partial charge in [0.25, 0.3) is 11.5 Å². The molecule has 6 rings (SSSR count). The fourth-order valence-corrected chi connectivity index (χ4v) is 4.29. The number of halogens is 1. The fraction of sp³-hybridized carbons (Fsp3) is 0. The van der Waals surface area contributed by atoms with Crippen LogP contribution in [0.5, 0.6) is 0 Å². The summed E-state index contributed by atoms with van der Waals surface area (Å²) in [6.45, 7) is 0. The maximum atomic E-state index is 13.0. The van der Waals surface area contributed by atoms with Crippen molar-refractivity contribution in [3.8, 4) is 16.8 Å². The number of hydrogen-bond acceptors (Lipinski definition) is 1. The summed E-state index contributed by atoms with van der Waals surface area (Å²) in [4.78, 5) is 16.5. The average Bonchev–Trinajstić information content (AvgIpc) is 3.24. The number of carbonyl (C=O) groups is 1. The molecule has 0 unspecified atom stereocenters. The van der Waals surface area contributed by atoms with Gasteiger partial charge in [-0.3, -0.25) is 4.79 Å². The minimum Gasteiger partial charge on any atom is -0.349 e. The maximum absolute atomic E-state index is 13.0. The van der Waals surface area contributed by atoms with Crippen LogP contribution in [0.3, 0.4) is 0 Å². The van der Waals surface area contributed by atoms with Crippen molar-refractivity contribution in [3.05, 3.63) is 95.3 Å². The van der Waals surface area contributed by atoms with Crippen molar-refractivity contribution in [1.82, 2.24) is 4.98 Å². The summed E-state index contributed by atoms with van der Waals surface area (Å²) >= 11 is 6.02. The zero-order valence-electron chi connectivity index (χ0n) is 14.7. The summed E-state index contributed by atoms with van der Waals surface area (Å²) < 4.78 is 1.98. The minimum atomic E-state index is 0.0608.